The lowest BCUT2D eigenvalue weighted by Crippen LogP contribution is -2.50. The molecule has 70 valence electrons. The van der Waals surface area contributed by atoms with Gasteiger partial charge in [-0.25, -0.2) is 0 Å². The second kappa shape index (κ2) is 2.98. The smallest absolute Gasteiger partial charge is 0.0620 e. The van der Waals surface area contributed by atoms with E-state index in [0.29, 0.717) is 12.1 Å². The molecule has 0 unspecified atom stereocenters. The lowest BCUT2D eigenvalue weighted by Gasteiger charge is -2.39. The third kappa shape index (κ3) is 1.08. The fourth-order valence-corrected chi connectivity index (χ4v) is 2.79. The molecule has 0 aromatic rings. The minimum atomic E-state index is -0.274. The molecule has 0 radical (unpaired) electrons. The standard InChI is InChI=1S/C9H17NO2/c1-10-6-2-3-8(10)7(5-11)9(12)4-6/h6-9,11-12H,2-5H2,1H3/t6-,7+,8+,9+/m0/s1. The predicted molar refractivity (Wildman–Crippen MR) is 45.8 cm³/mol. The second-order valence-corrected chi connectivity index (χ2v) is 4.11. The van der Waals surface area contributed by atoms with E-state index >= 15 is 0 Å². The van der Waals surface area contributed by atoms with Gasteiger partial charge in [-0.15, -0.1) is 0 Å². The van der Waals surface area contributed by atoms with Gasteiger partial charge in [-0.05, 0) is 26.3 Å². The fraction of sp³-hybridized carbons (Fsp3) is 1.00. The molecule has 2 rings (SSSR count). The number of piperidine rings is 1. The lowest BCUT2D eigenvalue weighted by atomic mass is 9.88. The van der Waals surface area contributed by atoms with Crippen molar-refractivity contribution in [1.29, 1.82) is 0 Å². The summed E-state index contributed by atoms with van der Waals surface area (Å²) in [4.78, 5) is 2.33. The van der Waals surface area contributed by atoms with E-state index in [2.05, 4.69) is 11.9 Å². The molecule has 2 heterocycles. The van der Waals surface area contributed by atoms with Crippen LogP contribution in [0.5, 0.6) is 0 Å². The number of aliphatic hydroxyl groups excluding tert-OH is 2. The summed E-state index contributed by atoms with van der Waals surface area (Å²) < 4.78 is 0. The van der Waals surface area contributed by atoms with Crippen molar-refractivity contribution in [2.75, 3.05) is 13.7 Å². The molecule has 2 aliphatic rings. The number of hydrogen-bond acceptors (Lipinski definition) is 3. The first-order valence-electron chi connectivity index (χ1n) is 4.75. The Morgan fingerprint density at radius 2 is 2.17 bits per heavy atom. The third-order valence-electron chi connectivity index (χ3n) is 3.61. The van der Waals surface area contributed by atoms with Crippen molar-refractivity contribution in [3.63, 3.8) is 0 Å². The van der Waals surface area contributed by atoms with E-state index in [9.17, 15) is 5.11 Å². The van der Waals surface area contributed by atoms with E-state index in [0.717, 1.165) is 12.8 Å². The molecule has 2 saturated heterocycles. The van der Waals surface area contributed by atoms with E-state index in [-0.39, 0.29) is 18.6 Å². The Labute approximate surface area is 73.0 Å². The molecule has 0 saturated carbocycles. The van der Waals surface area contributed by atoms with Gasteiger partial charge in [-0.2, -0.15) is 0 Å². The largest absolute Gasteiger partial charge is 0.396 e. The Balaban J connectivity index is 2.14. The van der Waals surface area contributed by atoms with Crippen LogP contribution in [0.1, 0.15) is 19.3 Å². The average molecular weight is 171 g/mol. The van der Waals surface area contributed by atoms with Crippen molar-refractivity contribution < 1.29 is 10.2 Å². The van der Waals surface area contributed by atoms with Crippen LogP contribution < -0.4 is 0 Å². The molecule has 2 N–H and O–H groups in total. The van der Waals surface area contributed by atoms with Gasteiger partial charge in [0.1, 0.15) is 0 Å². The van der Waals surface area contributed by atoms with Gasteiger partial charge >= 0.3 is 0 Å². The highest BCUT2D eigenvalue weighted by Crippen LogP contribution is 2.37. The molecular formula is C9H17NO2. The van der Waals surface area contributed by atoms with Crippen LogP contribution in [0.4, 0.5) is 0 Å². The van der Waals surface area contributed by atoms with Crippen LogP contribution in [-0.4, -0.2) is 47.0 Å². The van der Waals surface area contributed by atoms with Gasteiger partial charge in [0.2, 0.25) is 0 Å². The van der Waals surface area contributed by atoms with E-state index in [4.69, 9.17) is 5.11 Å². The summed E-state index contributed by atoms with van der Waals surface area (Å²) in [5.41, 5.74) is 0. The first-order chi connectivity index (χ1) is 5.74. The zero-order valence-electron chi connectivity index (χ0n) is 7.48. The molecule has 3 heteroatoms. The molecule has 4 atom stereocenters. The lowest BCUT2D eigenvalue weighted by molar-refractivity contribution is -0.0300. The Bertz CT molecular complexity index is 174. The van der Waals surface area contributed by atoms with Crippen molar-refractivity contribution in [3.05, 3.63) is 0 Å². The first-order valence-corrected chi connectivity index (χ1v) is 4.75. The van der Waals surface area contributed by atoms with E-state index in [1.165, 1.54) is 6.42 Å². The van der Waals surface area contributed by atoms with Crippen molar-refractivity contribution in [3.8, 4) is 0 Å². The fourth-order valence-electron chi connectivity index (χ4n) is 2.79. The number of aliphatic hydroxyl groups is 2. The molecule has 3 nitrogen and oxygen atoms in total. The maximum absolute atomic E-state index is 9.68. The molecule has 2 fully saturated rings. The molecule has 2 bridgehead atoms. The second-order valence-electron chi connectivity index (χ2n) is 4.11. The van der Waals surface area contributed by atoms with Crippen LogP contribution in [0, 0.1) is 5.92 Å². The quantitative estimate of drug-likeness (QED) is 0.575. The number of hydrogen-bond donors (Lipinski definition) is 2. The van der Waals surface area contributed by atoms with Crippen molar-refractivity contribution in [2.45, 2.75) is 37.5 Å². The predicted octanol–water partition coefficient (Wildman–Crippen LogP) is -0.178. The number of nitrogens with zero attached hydrogens (tertiary/aromatic N) is 1. The van der Waals surface area contributed by atoms with Crippen LogP contribution in [0.3, 0.4) is 0 Å². The molecule has 0 amide bonds. The van der Waals surface area contributed by atoms with Crippen LogP contribution in [0.2, 0.25) is 0 Å². The van der Waals surface area contributed by atoms with Crippen LogP contribution >= 0.6 is 0 Å². The van der Waals surface area contributed by atoms with Crippen molar-refractivity contribution in [2.24, 2.45) is 5.92 Å². The van der Waals surface area contributed by atoms with Crippen LogP contribution in [0.15, 0.2) is 0 Å². The van der Waals surface area contributed by atoms with E-state index in [1.54, 1.807) is 0 Å². The molecule has 0 aromatic heterocycles. The Hall–Kier alpha value is -0.120. The van der Waals surface area contributed by atoms with Gasteiger partial charge in [0, 0.05) is 24.6 Å². The maximum Gasteiger partial charge on any atom is 0.0620 e. The monoisotopic (exact) mass is 171 g/mol. The summed E-state index contributed by atoms with van der Waals surface area (Å²) in [5, 5.41) is 18.8. The highest BCUT2D eigenvalue weighted by molar-refractivity contribution is 4.98. The van der Waals surface area contributed by atoms with Crippen LogP contribution in [-0.2, 0) is 0 Å². The number of fused-ring (bicyclic) bond motifs is 2. The maximum atomic E-state index is 9.68. The van der Waals surface area contributed by atoms with Gasteiger partial charge in [-0.1, -0.05) is 0 Å². The summed E-state index contributed by atoms with van der Waals surface area (Å²) in [7, 11) is 2.11. The van der Waals surface area contributed by atoms with Crippen molar-refractivity contribution >= 4 is 0 Å². The SMILES string of the molecule is CN1[C@H]2CC[C@@H]1[C@@H](CO)[C@H](O)C2. The minimum Gasteiger partial charge on any atom is -0.396 e. The summed E-state index contributed by atoms with van der Waals surface area (Å²) >= 11 is 0. The van der Waals surface area contributed by atoms with Gasteiger partial charge in [0.05, 0.1) is 6.10 Å². The highest BCUT2D eigenvalue weighted by atomic mass is 16.3. The molecule has 0 spiro atoms. The Morgan fingerprint density at radius 3 is 2.83 bits per heavy atom. The normalized spacial score (nSPS) is 48.2. The minimum absolute atomic E-state index is 0.0914. The topological polar surface area (TPSA) is 43.7 Å². The Kier molecular flexibility index (Phi) is 2.10. The molecule has 0 aromatic carbocycles. The zero-order chi connectivity index (χ0) is 8.72. The third-order valence-corrected chi connectivity index (χ3v) is 3.61. The zero-order valence-corrected chi connectivity index (χ0v) is 7.48. The van der Waals surface area contributed by atoms with Gasteiger partial charge in [-0.3, -0.25) is 4.90 Å². The van der Waals surface area contributed by atoms with Gasteiger partial charge < -0.3 is 10.2 Å². The van der Waals surface area contributed by atoms with E-state index < -0.39 is 0 Å². The molecule has 12 heavy (non-hydrogen) atoms. The highest BCUT2D eigenvalue weighted by Gasteiger charge is 2.44. The molecule has 2 aliphatic heterocycles. The van der Waals surface area contributed by atoms with Crippen molar-refractivity contribution in [1.82, 2.24) is 4.90 Å². The molecular weight excluding hydrogens is 154 g/mol. The van der Waals surface area contributed by atoms with Crippen LogP contribution in [0.25, 0.3) is 0 Å². The van der Waals surface area contributed by atoms with E-state index in [1.807, 2.05) is 0 Å². The summed E-state index contributed by atoms with van der Waals surface area (Å²) in [5.74, 6) is 0.0914. The summed E-state index contributed by atoms with van der Waals surface area (Å²) in [6, 6.07) is 0.983. The summed E-state index contributed by atoms with van der Waals surface area (Å²) in [6.07, 6.45) is 2.90. The summed E-state index contributed by atoms with van der Waals surface area (Å²) in [6.45, 7) is 0.128. The average Bonchev–Trinajstić information content (AvgIpc) is 2.34. The van der Waals surface area contributed by atoms with Gasteiger partial charge in [0.15, 0.2) is 0 Å². The van der Waals surface area contributed by atoms with Gasteiger partial charge in [0.25, 0.3) is 0 Å². The number of rotatable bonds is 1. The first kappa shape index (κ1) is 8.48. The molecule has 0 aliphatic carbocycles. The Morgan fingerprint density at radius 1 is 1.42 bits per heavy atom.